The van der Waals surface area contributed by atoms with Gasteiger partial charge in [0.2, 0.25) is 0 Å². The molecule has 0 atom stereocenters. The van der Waals surface area contributed by atoms with Crippen LogP contribution in [0.15, 0.2) is 60.7 Å². The molecular weight excluding hydrogens is 665 g/mol. The van der Waals surface area contributed by atoms with Crippen molar-refractivity contribution >= 4 is 73.8 Å². The Morgan fingerprint density at radius 3 is 1.15 bits per heavy atom. The van der Waals surface area contributed by atoms with Crippen molar-refractivity contribution in [2.45, 2.75) is 155 Å². The summed E-state index contributed by atoms with van der Waals surface area (Å²) in [5.41, 5.74) is 2.44. The fraction of sp³-hybridized carbons (Fsp3) is 0.480. The fourth-order valence-corrected chi connectivity index (χ4v) is 10.7. The Morgan fingerprint density at radius 2 is 0.769 bits per heavy atom. The third kappa shape index (κ3) is 10.0. The first-order valence-electron chi connectivity index (χ1n) is 21.0. The molecule has 0 radical (unpaired) electrons. The number of hydrogen-bond acceptors (Lipinski definition) is 2. The summed E-state index contributed by atoms with van der Waals surface area (Å²) in [5, 5.41) is 7.85. The minimum absolute atomic E-state index is 0.977. The maximum absolute atomic E-state index is 3.74. The van der Waals surface area contributed by atoms with Crippen molar-refractivity contribution in [1.82, 2.24) is 0 Å². The van der Waals surface area contributed by atoms with E-state index >= 15 is 0 Å². The second-order valence-corrected chi connectivity index (χ2v) is 17.1. The van der Waals surface area contributed by atoms with Crippen molar-refractivity contribution in [2.24, 2.45) is 0 Å². The van der Waals surface area contributed by atoms with E-state index in [2.05, 4.69) is 98.2 Å². The highest BCUT2D eigenvalue weighted by atomic mass is 32.1. The predicted octanol–water partition coefficient (Wildman–Crippen LogP) is 16.9. The van der Waals surface area contributed by atoms with Gasteiger partial charge in [-0.1, -0.05) is 202 Å². The number of fused-ring (bicyclic) bond motifs is 7. The average Bonchev–Trinajstić information content (AvgIpc) is 3.70. The molecule has 6 aromatic rings. The molecule has 0 saturated heterocycles. The van der Waals surface area contributed by atoms with Crippen molar-refractivity contribution in [1.29, 1.82) is 0 Å². The van der Waals surface area contributed by atoms with E-state index in [9.17, 15) is 0 Å². The van der Waals surface area contributed by atoms with Crippen molar-refractivity contribution in [2.75, 3.05) is 0 Å². The zero-order chi connectivity index (χ0) is 35.8. The van der Waals surface area contributed by atoms with Crippen molar-refractivity contribution in [3.05, 3.63) is 71.8 Å². The molecule has 52 heavy (non-hydrogen) atoms. The van der Waals surface area contributed by atoms with Gasteiger partial charge in [0.15, 0.2) is 0 Å². The molecule has 2 heteroatoms. The zero-order valence-electron chi connectivity index (χ0n) is 32.1. The van der Waals surface area contributed by atoms with E-state index in [0.29, 0.717) is 0 Å². The molecule has 0 aliphatic carbocycles. The molecular formula is C50H60S2. The van der Waals surface area contributed by atoms with E-state index in [1.807, 2.05) is 22.7 Å². The van der Waals surface area contributed by atoms with Crippen LogP contribution in [0.25, 0.3) is 51.1 Å². The molecule has 0 N–H and O–H groups in total. The molecule has 4 aromatic carbocycles. The van der Waals surface area contributed by atoms with E-state index in [-0.39, 0.29) is 0 Å². The molecule has 0 saturated carbocycles. The number of rotatable bonds is 20. The van der Waals surface area contributed by atoms with Gasteiger partial charge in [-0.15, -0.1) is 22.7 Å². The predicted molar refractivity (Wildman–Crippen MR) is 236 cm³/mol. The number of unbranched alkanes of at least 4 members (excludes halogenated alkanes) is 20. The highest BCUT2D eigenvalue weighted by Gasteiger charge is 2.19. The zero-order valence-corrected chi connectivity index (χ0v) is 33.8. The number of benzene rings is 4. The van der Waals surface area contributed by atoms with Crippen LogP contribution in [0, 0.1) is 23.7 Å². The van der Waals surface area contributed by atoms with Crippen LogP contribution in [0.5, 0.6) is 0 Å². The standard InChI is InChI=1S/C50H60S2/c1-3-5-7-9-11-13-15-17-19-21-23-25-35-43-41-33-29-27-31-39(41)37-45-47(43)49-50(51-45)48-44(42-34-30-28-32-40(42)38-46(48)52-49)36-26-24-22-20-18-16-14-12-10-8-6-4-2/h27-34,37-38H,3-24H2,1-2H3. The third-order valence-corrected chi connectivity index (χ3v) is 13.3. The second-order valence-electron chi connectivity index (χ2n) is 15.0. The lowest BCUT2D eigenvalue weighted by molar-refractivity contribution is 0.558. The molecule has 0 bridgehead atoms. The fourth-order valence-electron chi connectivity index (χ4n) is 7.86. The van der Waals surface area contributed by atoms with E-state index in [4.69, 9.17) is 0 Å². The Bertz CT molecular complexity index is 2000. The quantitative estimate of drug-likeness (QED) is 0.0543. The molecule has 272 valence electrons. The van der Waals surface area contributed by atoms with Gasteiger partial charge in [-0.05, 0) is 46.5 Å². The van der Waals surface area contributed by atoms with Gasteiger partial charge in [-0.2, -0.15) is 0 Å². The molecule has 0 aliphatic heterocycles. The highest BCUT2D eigenvalue weighted by molar-refractivity contribution is 7.36. The van der Waals surface area contributed by atoms with Gasteiger partial charge in [0.05, 0.1) is 9.40 Å². The van der Waals surface area contributed by atoms with Crippen LogP contribution in [-0.4, -0.2) is 0 Å². The minimum atomic E-state index is 0.977. The Hall–Kier alpha value is -3.30. The molecule has 6 rings (SSSR count). The third-order valence-electron chi connectivity index (χ3n) is 10.8. The lowest BCUT2D eigenvalue weighted by atomic mass is 9.99. The molecule has 2 aromatic heterocycles. The van der Waals surface area contributed by atoms with Gasteiger partial charge in [0.25, 0.3) is 0 Å². The summed E-state index contributed by atoms with van der Waals surface area (Å²) in [4.78, 5) is 0. The molecule has 2 heterocycles. The topological polar surface area (TPSA) is 0 Å². The first-order valence-corrected chi connectivity index (χ1v) is 22.6. The largest absolute Gasteiger partial charge is 0.133 e. The second kappa shape index (κ2) is 20.8. The van der Waals surface area contributed by atoms with Crippen LogP contribution in [0.2, 0.25) is 0 Å². The van der Waals surface area contributed by atoms with Crippen molar-refractivity contribution in [3.63, 3.8) is 0 Å². The Kier molecular flexibility index (Phi) is 15.4. The number of hydrogen-bond donors (Lipinski definition) is 0. The maximum atomic E-state index is 3.74. The highest BCUT2D eigenvalue weighted by Crippen LogP contribution is 2.49. The van der Waals surface area contributed by atoms with Gasteiger partial charge in [-0.25, -0.2) is 0 Å². The summed E-state index contributed by atoms with van der Waals surface area (Å²) in [6, 6.07) is 22.5. The van der Waals surface area contributed by atoms with Crippen molar-refractivity contribution in [3.8, 4) is 23.7 Å². The minimum Gasteiger partial charge on any atom is -0.133 e. The first kappa shape index (κ1) is 38.4. The molecule has 0 aliphatic rings. The summed E-state index contributed by atoms with van der Waals surface area (Å²) < 4.78 is 5.47. The maximum Gasteiger partial charge on any atom is 0.0555 e. The molecule has 0 fully saturated rings. The Labute approximate surface area is 322 Å². The summed E-state index contributed by atoms with van der Waals surface area (Å²) in [6.45, 7) is 4.59. The van der Waals surface area contributed by atoms with E-state index < -0.39 is 0 Å². The van der Waals surface area contributed by atoms with Crippen LogP contribution in [0.4, 0.5) is 0 Å². The van der Waals surface area contributed by atoms with E-state index in [1.54, 1.807) is 0 Å². The van der Waals surface area contributed by atoms with Gasteiger partial charge in [0, 0.05) is 44.1 Å². The SMILES string of the molecule is CCCCCCCCCCCCC#Cc1c2ccccc2cc2sc3c(sc4cc5ccccc5c(C#CCCCCCCCCCCCC)c43)c12. The van der Waals surface area contributed by atoms with Crippen LogP contribution >= 0.6 is 22.7 Å². The van der Waals surface area contributed by atoms with Crippen LogP contribution in [-0.2, 0) is 0 Å². The normalized spacial score (nSPS) is 11.5. The Morgan fingerprint density at radius 1 is 0.423 bits per heavy atom. The van der Waals surface area contributed by atoms with E-state index in [1.165, 1.54) is 191 Å². The summed E-state index contributed by atoms with van der Waals surface area (Å²) >= 11 is 3.89. The first-order chi connectivity index (χ1) is 25.8. The lowest BCUT2D eigenvalue weighted by Crippen LogP contribution is -1.83. The molecule has 0 spiro atoms. The summed E-state index contributed by atoms with van der Waals surface area (Å²) in [7, 11) is 0. The van der Waals surface area contributed by atoms with Crippen molar-refractivity contribution < 1.29 is 0 Å². The molecule has 0 amide bonds. The van der Waals surface area contributed by atoms with Crippen LogP contribution < -0.4 is 0 Å². The number of thiophene rings is 2. The molecule has 0 unspecified atom stereocenters. The smallest absolute Gasteiger partial charge is 0.0555 e. The van der Waals surface area contributed by atoms with Gasteiger partial charge >= 0.3 is 0 Å². The molecule has 0 nitrogen and oxygen atoms in total. The van der Waals surface area contributed by atoms with Gasteiger partial charge < -0.3 is 0 Å². The van der Waals surface area contributed by atoms with E-state index in [0.717, 1.165) is 12.8 Å². The van der Waals surface area contributed by atoms with Crippen LogP contribution in [0.3, 0.4) is 0 Å². The average molecular weight is 725 g/mol. The van der Waals surface area contributed by atoms with Gasteiger partial charge in [-0.3, -0.25) is 0 Å². The lowest BCUT2D eigenvalue weighted by Gasteiger charge is -2.04. The van der Waals surface area contributed by atoms with Crippen LogP contribution in [0.1, 0.15) is 166 Å². The monoisotopic (exact) mass is 724 g/mol. The summed E-state index contributed by atoms with van der Waals surface area (Å²) in [5.74, 6) is 14.8. The summed E-state index contributed by atoms with van der Waals surface area (Å²) in [6.07, 6.45) is 29.1. The van der Waals surface area contributed by atoms with Gasteiger partial charge in [0.1, 0.15) is 0 Å². The Balaban J connectivity index is 1.21.